The lowest BCUT2D eigenvalue weighted by atomic mass is 10.1. The Hall–Kier alpha value is -2.42. The van der Waals surface area contributed by atoms with Crippen LogP contribution in [0.3, 0.4) is 0 Å². The maximum atomic E-state index is 11.7. The van der Waals surface area contributed by atoms with Crippen molar-refractivity contribution in [3.8, 4) is 17.6 Å². The first-order valence-corrected chi connectivity index (χ1v) is 6.03. The number of aromatic hydroxyl groups is 1. The van der Waals surface area contributed by atoms with Gasteiger partial charge in [-0.05, 0) is 38.5 Å². The molecule has 108 valence electrons. The van der Waals surface area contributed by atoms with Crippen LogP contribution in [-0.2, 0) is 11.2 Å². The fourth-order valence-electron chi connectivity index (χ4n) is 1.52. The number of carbonyl (C=O) groups is 1. The van der Waals surface area contributed by atoms with Crippen molar-refractivity contribution in [3.05, 3.63) is 17.7 Å². The smallest absolute Gasteiger partial charge is 0.412 e. The molecule has 20 heavy (non-hydrogen) atoms. The first-order valence-electron chi connectivity index (χ1n) is 6.03. The van der Waals surface area contributed by atoms with Crippen LogP contribution in [0.2, 0.25) is 0 Å². The summed E-state index contributed by atoms with van der Waals surface area (Å²) in [6.45, 7) is 5.21. The molecule has 0 saturated heterocycles. The molecule has 0 aliphatic rings. The number of rotatable bonds is 3. The van der Waals surface area contributed by atoms with E-state index in [2.05, 4.69) is 5.32 Å². The molecule has 1 aromatic rings. The fourth-order valence-corrected chi connectivity index (χ4v) is 1.52. The minimum absolute atomic E-state index is 0.139. The molecule has 1 rings (SSSR count). The third-order valence-corrected chi connectivity index (χ3v) is 2.27. The number of benzene rings is 1. The molecule has 1 amide bonds. The van der Waals surface area contributed by atoms with Gasteiger partial charge in [0, 0.05) is 0 Å². The van der Waals surface area contributed by atoms with Crippen molar-refractivity contribution in [3.63, 3.8) is 0 Å². The van der Waals surface area contributed by atoms with Gasteiger partial charge in [-0.15, -0.1) is 0 Å². The number of amides is 1. The molecule has 0 spiro atoms. The van der Waals surface area contributed by atoms with Crippen LogP contribution < -0.4 is 10.1 Å². The number of hydrogen-bond donors (Lipinski definition) is 2. The van der Waals surface area contributed by atoms with Crippen LogP contribution in [0.15, 0.2) is 12.1 Å². The van der Waals surface area contributed by atoms with Crippen molar-refractivity contribution < 1.29 is 19.4 Å². The minimum atomic E-state index is -0.691. The Balaban J connectivity index is 3.02. The third-order valence-electron chi connectivity index (χ3n) is 2.27. The number of carbonyl (C=O) groups excluding carboxylic acids is 1. The van der Waals surface area contributed by atoms with Crippen LogP contribution in [-0.4, -0.2) is 23.9 Å². The maximum absolute atomic E-state index is 11.7. The van der Waals surface area contributed by atoms with E-state index in [1.807, 2.05) is 6.07 Å². The number of methoxy groups -OCH3 is 1. The van der Waals surface area contributed by atoms with Gasteiger partial charge in [0.25, 0.3) is 0 Å². The Morgan fingerprint density at radius 2 is 2.10 bits per heavy atom. The van der Waals surface area contributed by atoms with Crippen LogP contribution in [0.4, 0.5) is 10.5 Å². The van der Waals surface area contributed by atoms with Gasteiger partial charge in [-0.3, -0.25) is 5.32 Å². The molecule has 0 fully saturated rings. The normalized spacial score (nSPS) is 10.6. The minimum Gasteiger partial charge on any atom is -0.503 e. The SMILES string of the molecule is COc1cc(CC#N)cc(NC(=O)OC(C)(C)C)c1O. The second kappa shape index (κ2) is 6.15. The summed E-state index contributed by atoms with van der Waals surface area (Å²) in [6, 6.07) is 5.04. The maximum Gasteiger partial charge on any atom is 0.412 e. The summed E-state index contributed by atoms with van der Waals surface area (Å²) in [5, 5.41) is 21.1. The van der Waals surface area contributed by atoms with Gasteiger partial charge < -0.3 is 14.6 Å². The zero-order chi connectivity index (χ0) is 15.3. The van der Waals surface area contributed by atoms with Crippen LogP contribution >= 0.6 is 0 Å². The summed E-state index contributed by atoms with van der Waals surface area (Å²) in [6.07, 6.45) is -0.552. The average molecular weight is 278 g/mol. The molecule has 0 heterocycles. The second-order valence-electron chi connectivity index (χ2n) is 5.16. The number of nitrogens with zero attached hydrogens (tertiary/aromatic N) is 1. The number of phenols is 1. The van der Waals surface area contributed by atoms with Crippen LogP contribution in [0.25, 0.3) is 0 Å². The van der Waals surface area contributed by atoms with Crippen LogP contribution in [0, 0.1) is 11.3 Å². The molecular weight excluding hydrogens is 260 g/mol. The molecule has 6 heteroatoms. The second-order valence-corrected chi connectivity index (χ2v) is 5.16. The first-order chi connectivity index (χ1) is 9.26. The molecule has 2 N–H and O–H groups in total. The lowest BCUT2D eigenvalue weighted by molar-refractivity contribution is 0.0635. The van der Waals surface area contributed by atoms with Gasteiger partial charge in [-0.2, -0.15) is 5.26 Å². The molecule has 0 radical (unpaired) electrons. The Labute approximate surface area is 117 Å². The summed E-state index contributed by atoms with van der Waals surface area (Å²) in [5.41, 5.74) is 0.116. The Bertz CT molecular complexity index is 541. The summed E-state index contributed by atoms with van der Waals surface area (Å²) in [5.74, 6) is -0.0242. The summed E-state index contributed by atoms with van der Waals surface area (Å²) >= 11 is 0. The van der Waals surface area contributed by atoms with Gasteiger partial charge in [-0.25, -0.2) is 4.79 Å². The molecule has 0 unspecified atom stereocenters. The van der Waals surface area contributed by atoms with E-state index in [-0.39, 0.29) is 23.6 Å². The summed E-state index contributed by atoms with van der Waals surface area (Å²) in [4.78, 5) is 11.7. The van der Waals surface area contributed by atoms with Gasteiger partial charge in [0.15, 0.2) is 11.5 Å². The monoisotopic (exact) mass is 278 g/mol. The van der Waals surface area contributed by atoms with E-state index < -0.39 is 11.7 Å². The van der Waals surface area contributed by atoms with Crippen molar-refractivity contribution in [1.82, 2.24) is 0 Å². The molecule has 0 aromatic heterocycles. The van der Waals surface area contributed by atoms with E-state index in [1.54, 1.807) is 26.8 Å². The number of anilines is 1. The quantitative estimate of drug-likeness (QED) is 0.829. The Kier molecular flexibility index (Phi) is 4.81. The molecule has 0 aliphatic heterocycles. The highest BCUT2D eigenvalue weighted by atomic mass is 16.6. The molecule has 0 bridgehead atoms. The first kappa shape index (κ1) is 15.6. The van der Waals surface area contributed by atoms with Crippen molar-refractivity contribution in [2.45, 2.75) is 32.8 Å². The number of ether oxygens (including phenoxy) is 2. The predicted molar refractivity (Wildman–Crippen MR) is 73.8 cm³/mol. The average Bonchev–Trinajstić information content (AvgIpc) is 2.31. The van der Waals surface area contributed by atoms with Gasteiger partial charge in [-0.1, -0.05) is 0 Å². The highest BCUT2D eigenvalue weighted by Gasteiger charge is 2.19. The Morgan fingerprint density at radius 1 is 1.45 bits per heavy atom. The number of phenolic OH excluding ortho intramolecular Hbond substituents is 1. The van der Waals surface area contributed by atoms with Crippen molar-refractivity contribution in [1.29, 1.82) is 5.26 Å². The van der Waals surface area contributed by atoms with E-state index in [0.717, 1.165) is 0 Å². The number of nitriles is 1. The molecule has 1 aromatic carbocycles. The van der Waals surface area contributed by atoms with Crippen LogP contribution in [0.1, 0.15) is 26.3 Å². The van der Waals surface area contributed by atoms with Gasteiger partial charge >= 0.3 is 6.09 Å². The van der Waals surface area contributed by atoms with Gasteiger partial charge in [0.1, 0.15) is 5.60 Å². The lowest BCUT2D eigenvalue weighted by Crippen LogP contribution is -2.27. The van der Waals surface area contributed by atoms with E-state index >= 15 is 0 Å². The lowest BCUT2D eigenvalue weighted by Gasteiger charge is -2.20. The summed E-state index contributed by atoms with van der Waals surface area (Å²) in [7, 11) is 1.39. The highest BCUT2D eigenvalue weighted by Crippen LogP contribution is 2.35. The zero-order valence-electron chi connectivity index (χ0n) is 12.0. The molecule has 0 aliphatic carbocycles. The summed E-state index contributed by atoms with van der Waals surface area (Å²) < 4.78 is 10.1. The van der Waals surface area contributed by atoms with Gasteiger partial charge in [0.2, 0.25) is 0 Å². The molecule has 0 saturated carbocycles. The van der Waals surface area contributed by atoms with Crippen molar-refractivity contribution in [2.24, 2.45) is 0 Å². The largest absolute Gasteiger partial charge is 0.503 e. The molecule has 0 atom stereocenters. The zero-order valence-corrected chi connectivity index (χ0v) is 12.0. The van der Waals surface area contributed by atoms with E-state index in [9.17, 15) is 9.90 Å². The van der Waals surface area contributed by atoms with E-state index in [4.69, 9.17) is 14.7 Å². The van der Waals surface area contributed by atoms with Crippen LogP contribution in [0.5, 0.6) is 11.5 Å². The van der Waals surface area contributed by atoms with E-state index in [1.165, 1.54) is 13.2 Å². The molecular formula is C14H18N2O4. The van der Waals surface area contributed by atoms with Gasteiger partial charge in [0.05, 0.1) is 25.3 Å². The number of hydrogen-bond acceptors (Lipinski definition) is 5. The topological polar surface area (TPSA) is 91.6 Å². The van der Waals surface area contributed by atoms with Crippen molar-refractivity contribution in [2.75, 3.05) is 12.4 Å². The standard InChI is InChI=1S/C14H18N2O4/c1-14(2,3)20-13(18)16-10-7-9(5-6-15)8-11(19-4)12(10)17/h7-8,17H,5H2,1-4H3,(H,16,18). The Morgan fingerprint density at radius 3 is 2.60 bits per heavy atom. The van der Waals surface area contributed by atoms with E-state index in [0.29, 0.717) is 5.56 Å². The third kappa shape index (κ3) is 4.35. The highest BCUT2D eigenvalue weighted by molar-refractivity contribution is 5.88. The predicted octanol–water partition coefficient (Wildman–Crippen LogP) is 2.81. The van der Waals surface area contributed by atoms with Crippen molar-refractivity contribution >= 4 is 11.8 Å². The fraction of sp³-hybridized carbons (Fsp3) is 0.429. The molecule has 6 nitrogen and oxygen atoms in total. The number of nitrogens with one attached hydrogen (secondary N) is 1.